The number of anilines is 1. The molecule has 104 valence electrons. The number of amides is 2. The number of halogens is 1. The van der Waals surface area contributed by atoms with Crippen molar-refractivity contribution in [2.75, 3.05) is 18.5 Å². The fraction of sp³-hybridized carbons (Fsp3) is 0.500. The number of benzene rings is 1. The molecule has 1 aromatic carbocycles. The van der Waals surface area contributed by atoms with Crippen molar-refractivity contribution >= 4 is 23.3 Å². The average molecular weight is 283 g/mol. The molecule has 4 nitrogen and oxygen atoms in total. The second-order valence-electron chi connectivity index (χ2n) is 4.77. The highest BCUT2D eigenvalue weighted by Crippen LogP contribution is 2.25. The lowest BCUT2D eigenvalue weighted by Gasteiger charge is -2.28. The summed E-state index contributed by atoms with van der Waals surface area (Å²) in [5.74, 6) is 0. The van der Waals surface area contributed by atoms with Crippen molar-refractivity contribution in [2.45, 2.75) is 31.7 Å². The summed E-state index contributed by atoms with van der Waals surface area (Å²) in [5, 5.41) is 12.5. The Hall–Kier alpha value is -1.26. The Bertz CT molecular complexity index is 433. The van der Waals surface area contributed by atoms with E-state index in [0.717, 1.165) is 25.7 Å². The standard InChI is InChI=1S/C14H19ClN2O2/c15-12-7-3-4-8-13(12)16-14(19)17(9-10-18)11-5-1-2-6-11/h3-4,7-8,11,18H,1-2,5-6,9-10H2,(H,16,19). The number of carbonyl (C=O) groups is 1. The van der Waals surface area contributed by atoms with Gasteiger partial charge in [0.25, 0.3) is 0 Å². The van der Waals surface area contributed by atoms with Crippen LogP contribution in [-0.2, 0) is 0 Å². The minimum absolute atomic E-state index is 0.0214. The van der Waals surface area contributed by atoms with Gasteiger partial charge in [-0.3, -0.25) is 0 Å². The molecule has 0 aliphatic heterocycles. The van der Waals surface area contributed by atoms with E-state index in [0.29, 0.717) is 17.3 Å². The molecule has 19 heavy (non-hydrogen) atoms. The fourth-order valence-corrected chi connectivity index (χ4v) is 2.71. The lowest BCUT2D eigenvalue weighted by molar-refractivity contribution is 0.163. The van der Waals surface area contributed by atoms with Gasteiger partial charge in [0, 0.05) is 12.6 Å². The number of aliphatic hydroxyl groups excluding tert-OH is 1. The highest BCUT2D eigenvalue weighted by molar-refractivity contribution is 6.33. The van der Waals surface area contributed by atoms with Gasteiger partial charge in [-0.25, -0.2) is 4.79 Å². The summed E-state index contributed by atoms with van der Waals surface area (Å²) in [6, 6.07) is 7.20. The van der Waals surface area contributed by atoms with Crippen LogP contribution in [0.25, 0.3) is 0 Å². The molecule has 0 aromatic heterocycles. The Morgan fingerprint density at radius 2 is 2.05 bits per heavy atom. The third kappa shape index (κ3) is 3.61. The van der Waals surface area contributed by atoms with Crippen LogP contribution in [-0.4, -0.2) is 35.2 Å². The molecule has 2 amide bonds. The first-order chi connectivity index (χ1) is 9.22. The van der Waals surface area contributed by atoms with Crippen LogP contribution >= 0.6 is 11.6 Å². The van der Waals surface area contributed by atoms with E-state index in [9.17, 15) is 4.79 Å². The molecule has 0 radical (unpaired) electrons. The maximum atomic E-state index is 12.3. The van der Waals surface area contributed by atoms with Crippen LogP contribution in [0.4, 0.5) is 10.5 Å². The zero-order valence-corrected chi connectivity index (χ0v) is 11.6. The van der Waals surface area contributed by atoms with Gasteiger partial charge >= 0.3 is 6.03 Å². The number of aliphatic hydroxyl groups is 1. The molecular weight excluding hydrogens is 264 g/mol. The van der Waals surface area contributed by atoms with E-state index in [2.05, 4.69) is 5.32 Å². The number of nitrogens with zero attached hydrogens (tertiary/aromatic N) is 1. The third-order valence-corrected chi connectivity index (χ3v) is 3.81. The predicted octanol–water partition coefficient (Wildman–Crippen LogP) is 3.11. The number of para-hydroxylation sites is 1. The monoisotopic (exact) mass is 282 g/mol. The molecular formula is C14H19ClN2O2. The molecule has 1 saturated carbocycles. The zero-order chi connectivity index (χ0) is 13.7. The summed E-state index contributed by atoms with van der Waals surface area (Å²) in [4.78, 5) is 14.0. The van der Waals surface area contributed by atoms with E-state index in [1.807, 2.05) is 12.1 Å². The van der Waals surface area contributed by atoms with Crippen molar-refractivity contribution in [3.8, 4) is 0 Å². The molecule has 1 aromatic rings. The molecule has 2 rings (SSSR count). The van der Waals surface area contributed by atoms with Gasteiger partial charge in [0.1, 0.15) is 0 Å². The van der Waals surface area contributed by atoms with Crippen LogP contribution in [0.15, 0.2) is 24.3 Å². The van der Waals surface area contributed by atoms with Crippen LogP contribution in [0.1, 0.15) is 25.7 Å². The molecule has 0 spiro atoms. The average Bonchev–Trinajstić information content (AvgIpc) is 2.92. The van der Waals surface area contributed by atoms with E-state index < -0.39 is 0 Å². The lowest BCUT2D eigenvalue weighted by atomic mass is 10.2. The number of hydrogen-bond acceptors (Lipinski definition) is 2. The molecule has 1 fully saturated rings. The van der Waals surface area contributed by atoms with Crippen LogP contribution in [0.3, 0.4) is 0 Å². The Morgan fingerprint density at radius 1 is 1.37 bits per heavy atom. The van der Waals surface area contributed by atoms with Crippen LogP contribution in [0.5, 0.6) is 0 Å². The Morgan fingerprint density at radius 3 is 2.68 bits per heavy atom. The zero-order valence-electron chi connectivity index (χ0n) is 10.8. The van der Waals surface area contributed by atoms with Gasteiger partial charge in [0.05, 0.1) is 17.3 Å². The molecule has 1 aliphatic carbocycles. The summed E-state index contributed by atoms with van der Waals surface area (Å²) in [7, 11) is 0. The van der Waals surface area contributed by atoms with E-state index in [1.54, 1.807) is 17.0 Å². The predicted molar refractivity (Wildman–Crippen MR) is 76.5 cm³/mol. The number of hydrogen-bond donors (Lipinski definition) is 2. The third-order valence-electron chi connectivity index (χ3n) is 3.48. The van der Waals surface area contributed by atoms with Gasteiger partial charge in [-0.05, 0) is 25.0 Å². The Kier molecular flexibility index (Phi) is 5.05. The molecule has 2 N–H and O–H groups in total. The van der Waals surface area contributed by atoms with Gasteiger partial charge in [0.15, 0.2) is 0 Å². The Balaban J connectivity index is 2.05. The molecule has 0 atom stereocenters. The smallest absolute Gasteiger partial charge is 0.322 e. The van der Waals surface area contributed by atoms with Crippen LogP contribution in [0, 0.1) is 0 Å². The minimum atomic E-state index is -0.186. The van der Waals surface area contributed by atoms with Crippen LogP contribution < -0.4 is 5.32 Å². The first-order valence-electron chi connectivity index (χ1n) is 6.65. The van der Waals surface area contributed by atoms with E-state index in [-0.39, 0.29) is 18.7 Å². The first kappa shape index (κ1) is 14.2. The number of carbonyl (C=O) groups excluding carboxylic acids is 1. The summed E-state index contributed by atoms with van der Waals surface area (Å²) in [5.41, 5.74) is 0.607. The van der Waals surface area contributed by atoms with Crippen molar-refractivity contribution in [3.63, 3.8) is 0 Å². The minimum Gasteiger partial charge on any atom is -0.395 e. The first-order valence-corrected chi connectivity index (χ1v) is 7.03. The molecule has 0 heterocycles. The molecule has 0 saturated heterocycles. The van der Waals surface area contributed by atoms with Gasteiger partial charge in [-0.15, -0.1) is 0 Å². The van der Waals surface area contributed by atoms with Crippen molar-refractivity contribution < 1.29 is 9.90 Å². The highest BCUT2D eigenvalue weighted by Gasteiger charge is 2.26. The Labute approximate surface area is 118 Å². The molecule has 0 unspecified atom stereocenters. The summed E-state index contributed by atoms with van der Waals surface area (Å²) in [6.07, 6.45) is 4.31. The molecule has 1 aliphatic rings. The molecule has 0 bridgehead atoms. The second kappa shape index (κ2) is 6.78. The highest BCUT2D eigenvalue weighted by atomic mass is 35.5. The summed E-state index contributed by atoms with van der Waals surface area (Å²) >= 11 is 6.03. The van der Waals surface area contributed by atoms with E-state index >= 15 is 0 Å². The van der Waals surface area contributed by atoms with Crippen LogP contribution in [0.2, 0.25) is 5.02 Å². The van der Waals surface area contributed by atoms with Gasteiger partial charge < -0.3 is 15.3 Å². The normalized spacial score (nSPS) is 15.5. The maximum Gasteiger partial charge on any atom is 0.322 e. The SMILES string of the molecule is O=C(Nc1ccccc1Cl)N(CCO)C1CCCC1. The quantitative estimate of drug-likeness (QED) is 0.891. The van der Waals surface area contributed by atoms with Gasteiger partial charge in [-0.1, -0.05) is 36.6 Å². The second-order valence-corrected chi connectivity index (χ2v) is 5.17. The summed E-state index contributed by atoms with van der Waals surface area (Å²) in [6.45, 7) is 0.341. The van der Waals surface area contributed by atoms with Crippen molar-refractivity contribution in [2.24, 2.45) is 0 Å². The summed E-state index contributed by atoms with van der Waals surface area (Å²) < 4.78 is 0. The topological polar surface area (TPSA) is 52.6 Å². The van der Waals surface area contributed by atoms with Gasteiger partial charge in [-0.2, -0.15) is 0 Å². The van der Waals surface area contributed by atoms with E-state index in [1.165, 1.54) is 0 Å². The maximum absolute atomic E-state index is 12.3. The fourth-order valence-electron chi connectivity index (χ4n) is 2.52. The van der Waals surface area contributed by atoms with Gasteiger partial charge in [0.2, 0.25) is 0 Å². The number of urea groups is 1. The van der Waals surface area contributed by atoms with Crippen molar-refractivity contribution in [1.29, 1.82) is 0 Å². The largest absolute Gasteiger partial charge is 0.395 e. The van der Waals surface area contributed by atoms with Crippen molar-refractivity contribution in [1.82, 2.24) is 4.90 Å². The number of rotatable bonds is 4. The number of nitrogens with one attached hydrogen (secondary N) is 1. The molecule has 5 heteroatoms. The lowest BCUT2D eigenvalue weighted by Crippen LogP contribution is -2.43. The van der Waals surface area contributed by atoms with E-state index in [4.69, 9.17) is 16.7 Å². The van der Waals surface area contributed by atoms with Crippen molar-refractivity contribution in [3.05, 3.63) is 29.3 Å².